The summed E-state index contributed by atoms with van der Waals surface area (Å²) >= 11 is 0. The van der Waals surface area contributed by atoms with Crippen LogP contribution in [0.2, 0.25) is 25.7 Å². The van der Waals surface area contributed by atoms with Crippen LogP contribution in [0.1, 0.15) is 26.7 Å². The third kappa shape index (κ3) is 9.47. The molecule has 0 spiro atoms. The first kappa shape index (κ1) is 17.9. The van der Waals surface area contributed by atoms with E-state index in [0.29, 0.717) is 25.2 Å². The van der Waals surface area contributed by atoms with Gasteiger partial charge in [0.15, 0.2) is 0 Å². The number of ether oxygens (including phenoxy) is 2. The molecule has 0 aliphatic carbocycles. The lowest BCUT2D eigenvalue weighted by Gasteiger charge is -2.14. The second-order valence-electron chi connectivity index (χ2n) is 5.52. The van der Waals surface area contributed by atoms with Crippen LogP contribution in [0, 0.1) is 0 Å². The van der Waals surface area contributed by atoms with E-state index in [0.717, 1.165) is 6.04 Å². The van der Waals surface area contributed by atoms with Gasteiger partial charge >= 0.3 is 11.9 Å². The van der Waals surface area contributed by atoms with Crippen LogP contribution in [0.5, 0.6) is 0 Å². The SMILES string of the molecule is CCOC(=O)CC/C(=C/C[Si](C)(C)C)C(=O)OCC. The van der Waals surface area contributed by atoms with E-state index >= 15 is 0 Å². The summed E-state index contributed by atoms with van der Waals surface area (Å²) in [5.74, 6) is -0.587. The summed E-state index contributed by atoms with van der Waals surface area (Å²) in [5.41, 5.74) is 0.595. The van der Waals surface area contributed by atoms with Crippen molar-refractivity contribution in [2.24, 2.45) is 0 Å². The van der Waals surface area contributed by atoms with E-state index in [2.05, 4.69) is 19.6 Å². The second-order valence-corrected chi connectivity index (χ2v) is 11.0. The van der Waals surface area contributed by atoms with Crippen LogP contribution >= 0.6 is 0 Å². The molecule has 0 radical (unpaired) electrons. The van der Waals surface area contributed by atoms with Crippen LogP contribution < -0.4 is 0 Å². The molecule has 0 N–H and O–H groups in total. The van der Waals surface area contributed by atoms with Crippen molar-refractivity contribution >= 4 is 20.0 Å². The highest BCUT2D eigenvalue weighted by Gasteiger charge is 2.16. The number of carbonyl (C=O) groups is 2. The minimum absolute atomic E-state index is 0.226. The molecule has 0 amide bonds. The predicted molar refractivity (Wildman–Crippen MR) is 78.7 cm³/mol. The normalized spacial score (nSPS) is 12.2. The van der Waals surface area contributed by atoms with Crippen molar-refractivity contribution < 1.29 is 19.1 Å². The van der Waals surface area contributed by atoms with E-state index in [1.54, 1.807) is 13.8 Å². The van der Waals surface area contributed by atoms with Crippen molar-refractivity contribution in [2.45, 2.75) is 52.4 Å². The number of esters is 2. The van der Waals surface area contributed by atoms with Crippen LogP contribution in [-0.2, 0) is 19.1 Å². The van der Waals surface area contributed by atoms with Gasteiger partial charge in [-0.25, -0.2) is 4.79 Å². The first-order valence-electron chi connectivity index (χ1n) is 6.82. The molecule has 0 heterocycles. The van der Waals surface area contributed by atoms with E-state index in [-0.39, 0.29) is 18.4 Å². The Morgan fingerprint density at radius 2 is 1.58 bits per heavy atom. The lowest BCUT2D eigenvalue weighted by atomic mass is 10.1. The van der Waals surface area contributed by atoms with E-state index in [4.69, 9.17) is 9.47 Å². The first-order chi connectivity index (χ1) is 8.80. The Morgan fingerprint density at radius 1 is 1.00 bits per heavy atom. The number of hydrogen-bond acceptors (Lipinski definition) is 4. The molecular formula is C14H26O4Si. The van der Waals surface area contributed by atoms with E-state index in [1.165, 1.54) is 0 Å². The van der Waals surface area contributed by atoms with Crippen LogP contribution in [0.4, 0.5) is 0 Å². The van der Waals surface area contributed by atoms with E-state index in [1.807, 2.05) is 6.08 Å². The molecule has 19 heavy (non-hydrogen) atoms. The summed E-state index contributed by atoms with van der Waals surface area (Å²) < 4.78 is 9.89. The maximum Gasteiger partial charge on any atom is 0.333 e. The van der Waals surface area contributed by atoms with Gasteiger partial charge in [-0.3, -0.25) is 4.79 Å². The Hall–Kier alpha value is -1.10. The lowest BCUT2D eigenvalue weighted by Crippen LogP contribution is -2.19. The van der Waals surface area contributed by atoms with Crippen molar-refractivity contribution in [3.8, 4) is 0 Å². The average molecular weight is 286 g/mol. The van der Waals surface area contributed by atoms with Gasteiger partial charge < -0.3 is 9.47 Å². The van der Waals surface area contributed by atoms with Gasteiger partial charge in [-0.15, -0.1) is 0 Å². The molecule has 0 saturated carbocycles. The number of rotatable bonds is 8. The molecule has 0 rings (SSSR count). The van der Waals surface area contributed by atoms with Crippen molar-refractivity contribution in [3.63, 3.8) is 0 Å². The third-order valence-corrected chi connectivity index (χ3v) is 3.83. The van der Waals surface area contributed by atoms with Gasteiger partial charge in [-0.2, -0.15) is 0 Å². The summed E-state index contributed by atoms with van der Waals surface area (Å²) in [6.45, 7) is 11.0. The summed E-state index contributed by atoms with van der Waals surface area (Å²) in [5, 5.41) is 0. The summed E-state index contributed by atoms with van der Waals surface area (Å²) in [6.07, 6.45) is 2.55. The molecule has 0 unspecified atom stereocenters. The quantitative estimate of drug-likeness (QED) is 0.391. The van der Waals surface area contributed by atoms with E-state index in [9.17, 15) is 9.59 Å². The van der Waals surface area contributed by atoms with Gasteiger partial charge in [-0.1, -0.05) is 25.7 Å². The zero-order valence-electron chi connectivity index (χ0n) is 12.7. The number of carbonyl (C=O) groups excluding carboxylic acids is 2. The fourth-order valence-electron chi connectivity index (χ4n) is 1.41. The third-order valence-electron chi connectivity index (χ3n) is 2.40. The Morgan fingerprint density at radius 3 is 2.05 bits per heavy atom. The molecule has 0 aliphatic heterocycles. The van der Waals surface area contributed by atoms with Crippen LogP contribution in [0.3, 0.4) is 0 Å². The fourth-order valence-corrected chi connectivity index (χ4v) is 2.27. The van der Waals surface area contributed by atoms with Gasteiger partial charge in [-0.05, 0) is 26.3 Å². The molecule has 0 saturated heterocycles. The van der Waals surface area contributed by atoms with E-state index < -0.39 is 8.07 Å². The molecule has 5 heteroatoms. The average Bonchev–Trinajstić information content (AvgIpc) is 2.28. The first-order valence-corrected chi connectivity index (χ1v) is 10.5. The Bertz CT molecular complexity index is 329. The molecule has 0 fully saturated rings. The molecule has 0 aliphatic rings. The highest BCUT2D eigenvalue weighted by Crippen LogP contribution is 2.15. The van der Waals surface area contributed by atoms with Crippen molar-refractivity contribution in [2.75, 3.05) is 13.2 Å². The summed E-state index contributed by atoms with van der Waals surface area (Å²) in [4.78, 5) is 23.1. The molecule has 110 valence electrons. The zero-order valence-corrected chi connectivity index (χ0v) is 13.7. The topological polar surface area (TPSA) is 52.6 Å². The molecule has 0 aromatic heterocycles. The van der Waals surface area contributed by atoms with Crippen LogP contribution in [0.25, 0.3) is 0 Å². The monoisotopic (exact) mass is 286 g/mol. The van der Waals surface area contributed by atoms with Crippen LogP contribution in [0.15, 0.2) is 11.6 Å². The predicted octanol–water partition coefficient (Wildman–Crippen LogP) is 3.16. The molecule has 0 aromatic rings. The van der Waals surface area contributed by atoms with Gasteiger partial charge in [0, 0.05) is 20.1 Å². The largest absolute Gasteiger partial charge is 0.466 e. The van der Waals surface area contributed by atoms with Gasteiger partial charge in [0.1, 0.15) is 0 Å². The molecular weight excluding hydrogens is 260 g/mol. The summed E-state index contributed by atoms with van der Waals surface area (Å²) in [6, 6.07) is 0.907. The smallest absolute Gasteiger partial charge is 0.333 e. The Kier molecular flexibility index (Phi) is 8.39. The minimum Gasteiger partial charge on any atom is -0.466 e. The van der Waals surface area contributed by atoms with Gasteiger partial charge in [0.25, 0.3) is 0 Å². The maximum atomic E-state index is 11.8. The molecule has 0 aromatic carbocycles. The lowest BCUT2D eigenvalue weighted by molar-refractivity contribution is -0.143. The van der Waals surface area contributed by atoms with Crippen LogP contribution in [-0.4, -0.2) is 33.2 Å². The minimum atomic E-state index is -1.26. The van der Waals surface area contributed by atoms with Crippen molar-refractivity contribution in [3.05, 3.63) is 11.6 Å². The number of hydrogen-bond donors (Lipinski definition) is 0. The van der Waals surface area contributed by atoms with Crippen molar-refractivity contribution in [1.29, 1.82) is 0 Å². The summed E-state index contributed by atoms with van der Waals surface area (Å²) in [7, 11) is -1.26. The molecule has 4 nitrogen and oxygen atoms in total. The molecule has 0 atom stereocenters. The highest BCUT2D eigenvalue weighted by molar-refractivity contribution is 6.76. The standard InChI is InChI=1S/C14H26O4Si/c1-6-17-13(15)9-8-12(14(16)18-7-2)10-11-19(3,4)5/h10H,6-9,11H2,1-5H3/b12-10-. The van der Waals surface area contributed by atoms with Gasteiger partial charge in [0.2, 0.25) is 0 Å². The van der Waals surface area contributed by atoms with Gasteiger partial charge in [0.05, 0.1) is 13.2 Å². The molecule has 0 bridgehead atoms. The maximum absolute atomic E-state index is 11.8. The number of allylic oxidation sites excluding steroid dienone is 1. The second kappa shape index (κ2) is 8.91. The Balaban J connectivity index is 4.59. The zero-order chi connectivity index (χ0) is 14.9. The highest BCUT2D eigenvalue weighted by atomic mass is 28.3. The fraction of sp³-hybridized carbons (Fsp3) is 0.714. The Labute approximate surface area is 117 Å². The van der Waals surface area contributed by atoms with Crippen molar-refractivity contribution in [1.82, 2.24) is 0 Å².